The average Bonchev–Trinajstić information content (AvgIpc) is 3.35. The summed E-state index contributed by atoms with van der Waals surface area (Å²) < 4.78 is 45.5. The van der Waals surface area contributed by atoms with Crippen molar-refractivity contribution in [2.75, 3.05) is 35.5 Å². The fraction of sp³-hybridized carbons (Fsp3) is 0.111. The van der Waals surface area contributed by atoms with Gasteiger partial charge in [-0.25, -0.2) is 0 Å². The molecule has 12 nitrogen and oxygen atoms in total. The van der Waals surface area contributed by atoms with Crippen LogP contribution < -0.4 is 39.3 Å². The summed E-state index contributed by atoms with van der Waals surface area (Å²) in [4.78, 5) is 26.2. The van der Waals surface area contributed by atoms with E-state index in [1.54, 1.807) is 51.7 Å². The fourth-order valence-corrected chi connectivity index (χ4v) is 7.48. The van der Waals surface area contributed by atoms with Gasteiger partial charge in [0.25, 0.3) is 0 Å². The Balaban J connectivity index is 0.000000185. The Hall–Kier alpha value is -8.64. The number of ether oxygens (including phenoxy) is 6. The van der Waals surface area contributed by atoms with Gasteiger partial charge in [-0.1, -0.05) is 54.6 Å². The predicted octanol–water partition coefficient (Wildman–Crippen LogP) is 11.3. The summed E-state index contributed by atoms with van der Waals surface area (Å²) in [5.74, 6) is 4.02. The molecule has 0 atom stereocenters. The molecule has 0 aliphatic carbocycles. The molecule has 0 spiro atoms. The molecular weight excluding hydrogens is 841 g/mol. The van der Waals surface area contributed by atoms with Crippen LogP contribution in [0.3, 0.4) is 0 Å². The van der Waals surface area contributed by atoms with Crippen LogP contribution in [0, 0.1) is 0 Å². The van der Waals surface area contributed by atoms with Gasteiger partial charge in [-0.05, 0) is 89.5 Å². The molecule has 0 saturated carbocycles. The largest absolute Gasteiger partial charge is 0.508 e. The van der Waals surface area contributed by atoms with E-state index >= 15 is 0 Å². The van der Waals surface area contributed by atoms with Gasteiger partial charge in [-0.2, -0.15) is 0 Å². The van der Waals surface area contributed by atoms with Crippen molar-refractivity contribution in [3.63, 3.8) is 0 Å². The minimum atomic E-state index is -0.385. The van der Waals surface area contributed by atoms with Crippen LogP contribution in [0.2, 0.25) is 0 Å². The summed E-state index contributed by atoms with van der Waals surface area (Å²) in [6, 6.07) is 44.3. The Morgan fingerprint density at radius 3 is 1.38 bits per heavy atom. The normalized spacial score (nSPS) is 10.8. The van der Waals surface area contributed by atoms with Crippen molar-refractivity contribution in [1.29, 1.82) is 0 Å². The van der Waals surface area contributed by atoms with Crippen molar-refractivity contribution in [3.05, 3.63) is 178 Å². The number of phenols is 2. The van der Waals surface area contributed by atoms with Crippen LogP contribution in [0.5, 0.6) is 46.0 Å². The fourth-order valence-electron chi connectivity index (χ4n) is 7.48. The number of fused-ring (bicyclic) bond motifs is 2. The lowest BCUT2D eigenvalue weighted by Gasteiger charge is -2.15. The van der Waals surface area contributed by atoms with E-state index in [2.05, 4.69) is 0 Å². The molecule has 9 rings (SSSR count). The lowest BCUT2D eigenvalue weighted by Crippen LogP contribution is -2.05. The highest BCUT2D eigenvalue weighted by molar-refractivity contribution is 6.01. The topological polar surface area (TPSA) is 156 Å². The Morgan fingerprint density at radius 2 is 0.879 bits per heavy atom. The highest BCUT2D eigenvalue weighted by Gasteiger charge is 2.23. The Bertz CT molecular complexity index is 3250. The van der Waals surface area contributed by atoms with E-state index in [9.17, 15) is 19.8 Å². The number of hydrogen-bond donors (Lipinski definition) is 2. The summed E-state index contributed by atoms with van der Waals surface area (Å²) in [5.41, 5.74) is 5.19. The first-order valence-corrected chi connectivity index (χ1v) is 20.6. The van der Waals surface area contributed by atoms with Gasteiger partial charge in [0.05, 0.1) is 46.7 Å². The van der Waals surface area contributed by atoms with Crippen molar-refractivity contribution in [2.24, 2.45) is 0 Å². The van der Waals surface area contributed by atoms with Crippen molar-refractivity contribution in [1.82, 2.24) is 0 Å². The first-order chi connectivity index (χ1) is 32.1. The standard InChI is InChI=1S/C31H26O6.C23H18O6/c1-33-23-13-11-22(12-14-23)29-27(34-2)18-28(35-3)30-25(32)17-26(37-31(29)30)21-9-15-24(16-10-21)36-19-20-7-5-4-6-8-20;1-27-16-9-5-14(6-10-16)21-20(28-2)12-18(26)22-17(25)11-19(29-23(21)22)13-3-7-15(24)8-4-13/h4-18H,19H2,1-3H3;3-12,24,26H,1-2H3. The van der Waals surface area contributed by atoms with Crippen molar-refractivity contribution < 1.29 is 47.5 Å². The molecular formula is C54H44O12. The van der Waals surface area contributed by atoms with Gasteiger partial charge < -0.3 is 47.5 Å². The van der Waals surface area contributed by atoms with Gasteiger partial charge in [-0.15, -0.1) is 0 Å². The van der Waals surface area contributed by atoms with E-state index in [1.165, 1.54) is 44.6 Å². The van der Waals surface area contributed by atoms with E-state index in [1.807, 2.05) is 91.0 Å². The number of methoxy groups -OCH3 is 5. The predicted molar refractivity (Wildman–Crippen MR) is 254 cm³/mol. The maximum absolute atomic E-state index is 13.3. The molecule has 12 heteroatoms. The van der Waals surface area contributed by atoms with Crippen molar-refractivity contribution >= 4 is 21.9 Å². The van der Waals surface area contributed by atoms with Crippen LogP contribution in [-0.2, 0) is 6.61 Å². The van der Waals surface area contributed by atoms with Crippen LogP contribution in [0.15, 0.2) is 170 Å². The van der Waals surface area contributed by atoms with Gasteiger partial charge in [0.1, 0.15) is 74.9 Å². The number of phenolic OH excluding ortho intramolecular Hbond substituents is 2. The van der Waals surface area contributed by atoms with E-state index in [-0.39, 0.29) is 33.3 Å². The number of aromatic hydroxyl groups is 2. The zero-order chi connectivity index (χ0) is 46.3. The zero-order valence-electron chi connectivity index (χ0n) is 36.6. The van der Waals surface area contributed by atoms with E-state index in [0.29, 0.717) is 68.8 Å². The summed E-state index contributed by atoms with van der Waals surface area (Å²) in [7, 11) is 7.76. The second-order valence-electron chi connectivity index (χ2n) is 14.8. The molecule has 2 N–H and O–H groups in total. The smallest absolute Gasteiger partial charge is 0.197 e. The second kappa shape index (κ2) is 19.4. The lowest BCUT2D eigenvalue weighted by molar-refractivity contribution is 0.306. The molecule has 2 aromatic heterocycles. The SMILES string of the molecule is COc1ccc(-c2c(OC)cc(O)c3c(=O)cc(-c4ccc(O)cc4)oc23)cc1.COc1ccc(-c2c(OC)cc(OC)c3c(=O)cc(-c4ccc(OCc5ccccc5)cc4)oc23)cc1. The molecule has 0 amide bonds. The van der Waals surface area contributed by atoms with Gasteiger partial charge in [0.2, 0.25) is 0 Å². The molecule has 9 aromatic rings. The summed E-state index contributed by atoms with van der Waals surface area (Å²) in [6.45, 7) is 0.468. The van der Waals surface area contributed by atoms with Gasteiger partial charge in [-0.3, -0.25) is 9.59 Å². The second-order valence-corrected chi connectivity index (χ2v) is 14.8. The molecule has 0 saturated heterocycles. The molecule has 7 aromatic carbocycles. The molecule has 0 radical (unpaired) electrons. The summed E-state index contributed by atoms with van der Waals surface area (Å²) in [5, 5.41) is 20.4. The maximum Gasteiger partial charge on any atom is 0.197 e. The van der Waals surface area contributed by atoms with E-state index < -0.39 is 0 Å². The first kappa shape index (κ1) is 44.0. The summed E-state index contributed by atoms with van der Waals surface area (Å²) >= 11 is 0. The molecule has 0 unspecified atom stereocenters. The average molecular weight is 885 g/mol. The van der Waals surface area contributed by atoms with Gasteiger partial charge >= 0.3 is 0 Å². The molecule has 332 valence electrons. The highest BCUT2D eigenvalue weighted by Crippen LogP contribution is 2.44. The van der Waals surface area contributed by atoms with Crippen LogP contribution in [0.1, 0.15) is 5.56 Å². The number of rotatable bonds is 12. The third kappa shape index (κ3) is 9.06. The molecule has 0 aliphatic rings. The third-order valence-corrected chi connectivity index (χ3v) is 10.8. The van der Waals surface area contributed by atoms with Crippen LogP contribution >= 0.6 is 0 Å². The van der Waals surface area contributed by atoms with Crippen molar-refractivity contribution in [2.45, 2.75) is 6.61 Å². The molecule has 0 fully saturated rings. The first-order valence-electron chi connectivity index (χ1n) is 20.6. The minimum Gasteiger partial charge on any atom is -0.508 e. The monoisotopic (exact) mass is 884 g/mol. The molecule has 0 aliphatic heterocycles. The Labute approximate surface area is 379 Å². The third-order valence-electron chi connectivity index (χ3n) is 10.8. The highest BCUT2D eigenvalue weighted by atomic mass is 16.5. The number of benzene rings is 7. The van der Waals surface area contributed by atoms with E-state index in [4.69, 9.17) is 37.3 Å². The Kier molecular flexibility index (Phi) is 12.9. The molecule has 2 heterocycles. The van der Waals surface area contributed by atoms with Crippen molar-refractivity contribution in [3.8, 4) is 90.9 Å². The minimum absolute atomic E-state index is 0.0687. The van der Waals surface area contributed by atoms with E-state index in [0.717, 1.165) is 33.8 Å². The zero-order valence-corrected chi connectivity index (χ0v) is 36.6. The van der Waals surface area contributed by atoms with Crippen LogP contribution in [0.25, 0.3) is 66.8 Å². The van der Waals surface area contributed by atoms with Crippen LogP contribution in [-0.4, -0.2) is 45.8 Å². The summed E-state index contributed by atoms with van der Waals surface area (Å²) in [6.07, 6.45) is 0. The van der Waals surface area contributed by atoms with Gasteiger partial charge in [0.15, 0.2) is 22.0 Å². The molecule has 0 bridgehead atoms. The Morgan fingerprint density at radius 1 is 0.439 bits per heavy atom. The lowest BCUT2D eigenvalue weighted by atomic mass is 10.00. The quantitative estimate of drug-likeness (QED) is 0.120. The molecule has 66 heavy (non-hydrogen) atoms. The van der Waals surface area contributed by atoms with Crippen LogP contribution in [0.4, 0.5) is 0 Å². The maximum atomic E-state index is 13.3. The number of hydrogen-bond acceptors (Lipinski definition) is 12. The van der Waals surface area contributed by atoms with Gasteiger partial charge in [0, 0.05) is 35.4 Å².